The van der Waals surface area contributed by atoms with E-state index in [1.807, 2.05) is 0 Å². The molecule has 220 valence electrons. The molecule has 14 nitrogen and oxygen atoms in total. The van der Waals surface area contributed by atoms with Crippen LogP contribution in [0.2, 0.25) is 0 Å². The number of rotatable bonds is 12. The number of hydrogen-bond donors (Lipinski definition) is 8. The van der Waals surface area contributed by atoms with Gasteiger partial charge in [-0.15, -0.1) is 0 Å². The Balaban J connectivity index is 1.56. The average molecular weight is 615 g/mol. The molecule has 16 heteroatoms. The lowest BCUT2D eigenvalue weighted by molar-refractivity contribution is -0.124. The molecule has 0 aromatic heterocycles. The number of amides is 2. The number of carbonyl (C=O) groups excluding carboxylic acids is 2. The van der Waals surface area contributed by atoms with Gasteiger partial charge < -0.3 is 10.2 Å². The Hall–Kier alpha value is -4.90. The van der Waals surface area contributed by atoms with E-state index < -0.39 is 45.1 Å². The highest BCUT2D eigenvalue weighted by Gasteiger charge is 2.23. The van der Waals surface area contributed by atoms with Crippen LogP contribution in [0.3, 0.4) is 0 Å². The van der Waals surface area contributed by atoms with Crippen molar-refractivity contribution in [3.05, 3.63) is 84.9 Å². The molecule has 0 bridgehead atoms. The van der Waals surface area contributed by atoms with Crippen molar-refractivity contribution >= 4 is 65.4 Å². The molecular weight excluding hydrogens is 588 g/mol. The lowest BCUT2D eigenvalue weighted by Gasteiger charge is -2.14. The Labute approximate surface area is 240 Å². The monoisotopic (exact) mass is 614 g/mol. The Morgan fingerprint density at radius 3 is 1.19 bits per heavy atom. The summed E-state index contributed by atoms with van der Waals surface area (Å²) < 4.78 is 58.2. The Kier molecular flexibility index (Phi) is 9.12. The van der Waals surface area contributed by atoms with Crippen LogP contribution in [0.5, 0.6) is 0 Å². The van der Waals surface area contributed by atoms with Gasteiger partial charge in [-0.3, -0.25) is 40.7 Å². The number of aliphatic hydroxyl groups is 2. The fourth-order valence-corrected chi connectivity index (χ4v) is 6.31. The molecule has 0 unspecified atom stereocenters. The van der Waals surface area contributed by atoms with Gasteiger partial charge in [0.05, 0.1) is 21.2 Å². The first kappa shape index (κ1) is 30.1. The number of fused-ring (bicyclic) bond motifs is 1. The van der Waals surface area contributed by atoms with E-state index in [1.54, 1.807) is 0 Å². The summed E-state index contributed by atoms with van der Waals surface area (Å²) >= 11 is 0. The number of anilines is 4. The zero-order chi connectivity index (χ0) is 30.3. The zero-order valence-corrected chi connectivity index (χ0v) is 23.3. The summed E-state index contributed by atoms with van der Waals surface area (Å²) in [6, 6.07) is 20.4. The highest BCUT2D eigenvalue weighted by molar-refractivity contribution is 7.93. The van der Waals surface area contributed by atoms with Gasteiger partial charge in [0.1, 0.15) is 13.2 Å². The first-order chi connectivity index (χ1) is 20.0. The number of carbonyl (C=O) groups is 2. The van der Waals surface area contributed by atoms with Crippen LogP contribution in [-0.2, 0) is 29.6 Å². The third-order valence-electron chi connectivity index (χ3n) is 5.68. The molecule has 2 amide bonds. The molecule has 4 aromatic rings. The number of aliphatic hydroxyl groups excluding tert-OH is 2. The van der Waals surface area contributed by atoms with Gasteiger partial charge in [0.2, 0.25) is 0 Å². The molecule has 0 heterocycles. The van der Waals surface area contributed by atoms with E-state index in [0.29, 0.717) is 11.4 Å². The van der Waals surface area contributed by atoms with Crippen molar-refractivity contribution in [2.45, 2.75) is 9.79 Å². The number of hydrazine groups is 2. The lowest BCUT2D eigenvalue weighted by Crippen LogP contribution is -2.31. The maximum Gasteiger partial charge on any atom is 0.263 e. The van der Waals surface area contributed by atoms with E-state index in [-0.39, 0.29) is 31.9 Å². The Morgan fingerprint density at radius 1 is 0.524 bits per heavy atom. The van der Waals surface area contributed by atoms with E-state index in [9.17, 15) is 26.4 Å². The Morgan fingerprint density at radius 2 is 0.857 bits per heavy atom. The molecule has 0 radical (unpaired) electrons. The second-order valence-electron chi connectivity index (χ2n) is 8.64. The van der Waals surface area contributed by atoms with E-state index in [1.165, 1.54) is 84.9 Å². The fourth-order valence-electron chi connectivity index (χ4n) is 3.75. The minimum Gasteiger partial charge on any atom is -0.386 e. The van der Waals surface area contributed by atoms with Crippen molar-refractivity contribution < 1.29 is 36.6 Å². The van der Waals surface area contributed by atoms with E-state index in [0.717, 1.165) is 0 Å². The van der Waals surface area contributed by atoms with Crippen LogP contribution >= 0.6 is 0 Å². The molecule has 8 N–H and O–H groups in total. The van der Waals surface area contributed by atoms with Crippen molar-refractivity contribution in [3.8, 4) is 0 Å². The lowest BCUT2D eigenvalue weighted by atomic mass is 10.1. The topological polar surface area (TPSA) is 215 Å². The van der Waals surface area contributed by atoms with Gasteiger partial charge in [0, 0.05) is 22.1 Å². The number of nitrogens with one attached hydrogen (secondary N) is 6. The van der Waals surface area contributed by atoms with E-state index >= 15 is 0 Å². The molecule has 0 fully saturated rings. The molecule has 0 aliphatic carbocycles. The third kappa shape index (κ3) is 7.24. The van der Waals surface area contributed by atoms with Gasteiger partial charge in [0.15, 0.2) is 0 Å². The number of benzene rings is 4. The third-order valence-corrected chi connectivity index (χ3v) is 8.55. The number of hydrogen-bond acceptors (Lipinski definition) is 10. The molecule has 0 saturated carbocycles. The van der Waals surface area contributed by atoms with Crippen molar-refractivity contribution in [1.29, 1.82) is 0 Å². The maximum absolute atomic E-state index is 13.3. The molecule has 0 aliphatic rings. The fraction of sp³-hybridized carbons (Fsp3) is 0.0769. The summed E-state index contributed by atoms with van der Waals surface area (Å²) in [5.41, 5.74) is 10.9. The van der Waals surface area contributed by atoms with Crippen molar-refractivity contribution in [2.24, 2.45) is 0 Å². The molecule has 0 atom stereocenters. The van der Waals surface area contributed by atoms with Gasteiger partial charge in [-0.1, -0.05) is 24.3 Å². The summed E-state index contributed by atoms with van der Waals surface area (Å²) in [6.45, 7) is -1.40. The van der Waals surface area contributed by atoms with Crippen LogP contribution in [0.15, 0.2) is 94.7 Å². The first-order valence-electron chi connectivity index (χ1n) is 12.1. The second-order valence-corrected chi connectivity index (χ2v) is 11.9. The largest absolute Gasteiger partial charge is 0.386 e. The molecule has 0 spiro atoms. The Bertz CT molecular complexity index is 1680. The van der Waals surface area contributed by atoms with E-state index in [4.69, 9.17) is 10.2 Å². The SMILES string of the molecule is O=C(CO)NNc1ccc(NS(=O)(=O)c2cccc3c(S(=O)(=O)Nc4ccc(NNC(=O)CO)cc4)cccc23)cc1. The zero-order valence-electron chi connectivity index (χ0n) is 21.7. The van der Waals surface area contributed by atoms with Crippen LogP contribution in [0.25, 0.3) is 10.8 Å². The minimum absolute atomic E-state index is 0.144. The first-order valence-corrected chi connectivity index (χ1v) is 15.1. The van der Waals surface area contributed by atoms with Crippen molar-refractivity contribution in [1.82, 2.24) is 10.9 Å². The van der Waals surface area contributed by atoms with Crippen LogP contribution in [-0.4, -0.2) is 52.1 Å². The van der Waals surface area contributed by atoms with Gasteiger partial charge >= 0.3 is 0 Å². The summed E-state index contributed by atoms with van der Waals surface area (Å²) in [4.78, 5) is 22.0. The summed E-state index contributed by atoms with van der Waals surface area (Å²) in [6.07, 6.45) is 0. The minimum atomic E-state index is -4.16. The van der Waals surface area contributed by atoms with Gasteiger partial charge in [-0.2, -0.15) is 0 Å². The van der Waals surface area contributed by atoms with E-state index in [2.05, 4.69) is 31.1 Å². The summed E-state index contributed by atoms with van der Waals surface area (Å²) in [5, 5.41) is 17.9. The molecular formula is C26H26N6O8S2. The van der Waals surface area contributed by atoms with Crippen LogP contribution in [0, 0.1) is 0 Å². The number of sulfonamides is 2. The quantitative estimate of drug-likeness (QED) is 0.107. The predicted molar refractivity (Wildman–Crippen MR) is 156 cm³/mol. The predicted octanol–water partition coefficient (Wildman–Crippen LogP) is 1.31. The van der Waals surface area contributed by atoms with Crippen LogP contribution in [0.1, 0.15) is 0 Å². The second kappa shape index (κ2) is 12.7. The smallest absolute Gasteiger partial charge is 0.263 e. The van der Waals surface area contributed by atoms with Crippen LogP contribution < -0.4 is 31.1 Å². The highest BCUT2D eigenvalue weighted by Crippen LogP contribution is 2.31. The molecule has 42 heavy (non-hydrogen) atoms. The molecule has 4 aromatic carbocycles. The highest BCUT2D eigenvalue weighted by atomic mass is 32.2. The van der Waals surface area contributed by atoms with Crippen LogP contribution in [0.4, 0.5) is 22.7 Å². The normalized spacial score (nSPS) is 11.4. The van der Waals surface area contributed by atoms with Gasteiger partial charge in [0.25, 0.3) is 31.9 Å². The average Bonchev–Trinajstić information content (AvgIpc) is 2.99. The van der Waals surface area contributed by atoms with Crippen molar-refractivity contribution in [2.75, 3.05) is 33.5 Å². The summed E-state index contributed by atoms with van der Waals surface area (Å²) in [7, 11) is -8.33. The van der Waals surface area contributed by atoms with Gasteiger partial charge in [-0.25, -0.2) is 16.8 Å². The van der Waals surface area contributed by atoms with Crippen molar-refractivity contribution in [3.63, 3.8) is 0 Å². The molecule has 0 aliphatic heterocycles. The van der Waals surface area contributed by atoms with Gasteiger partial charge in [-0.05, 0) is 60.7 Å². The molecule has 0 saturated heterocycles. The summed E-state index contributed by atoms with van der Waals surface area (Å²) in [5.74, 6) is -1.30. The standard InChI is InChI=1S/C26H26N6O8S2/c33-15-25(35)29-27-17-7-11-19(12-8-17)31-41(37,38)23-5-1-3-21-22(23)4-2-6-24(21)42(39,40)32-20-13-9-18(10-14-20)28-30-26(36)16-34/h1-14,27-28,31-34H,15-16H2,(H,29,35)(H,30,36). The maximum atomic E-state index is 13.3. The molecule has 4 rings (SSSR count).